The van der Waals surface area contributed by atoms with Gasteiger partial charge in [0, 0.05) is 35.3 Å². The molecule has 4 heterocycles. The van der Waals surface area contributed by atoms with Gasteiger partial charge in [-0.2, -0.15) is 0 Å². The molecule has 0 spiro atoms. The van der Waals surface area contributed by atoms with E-state index in [0.29, 0.717) is 42.0 Å². The fraction of sp³-hybridized carbons (Fsp3) is 0.300. The fourth-order valence-corrected chi connectivity index (χ4v) is 6.03. The van der Waals surface area contributed by atoms with E-state index in [1.165, 1.54) is 0 Å². The van der Waals surface area contributed by atoms with Crippen molar-refractivity contribution in [3.05, 3.63) is 87.4 Å². The third-order valence-corrected chi connectivity index (χ3v) is 8.43. The molecule has 1 fully saturated rings. The van der Waals surface area contributed by atoms with E-state index in [-0.39, 0.29) is 11.7 Å². The largest absolute Gasteiger partial charge is 0.487 e. The number of ether oxygens (including phenoxy) is 2. The van der Waals surface area contributed by atoms with E-state index < -0.39 is 5.97 Å². The highest BCUT2D eigenvalue weighted by Gasteiger charge is 2.26. The predicted octanol–water partition coefficient (Wildman–Crippen LogP) is 5.77. The zero-order valence-corrected chi connectivity index (χ0v) is 23.6. The van der Waals surface area contributed by atoms with E-state index >= 15 is 0 Å². The van der Waals surface area contributed by atoms with Crippen LogP contribution in [-0.2, 0) is 37.5 Å². The Labute approximate surface area is 245 Å². The van der Waals surface area contributed by atoms with Crippen molar-refractivity contribution in [3.63, 3.8) is 0 Å². The van der Waals surface area contributed by atoms with E-state index in [9.17, 15) is 9.90 Å². The minimum absolute atomic E-state index is 0.117. The van der Waals surface area contributed by atoms with Crippen LogP contribution in [0.5, 0.6) is 5.75 Å². The number of para-hydroxylation sites is 1. The van der Waals surface area contributed by atoms with Gasteiger partial charge in [0.15, 0.2) is 0 Å². The summed E-state index contributed by atoms with van der Waals surface area (Å²) < 4.78 is 16.3. The first-order chi connectivity index (χ1) is 19.9. The molecule has 3 aromatic carbocycles. The molecule has 0 unspecified atom stereocenters. The molecule has 0 aliphatic carbocycles. The second-order valence-corrected chi connectivity index (χ2v) is 11.3. The topological polar surface area (TPSA) is 94.6 Å². The summed E-state index contributed by atoms with van der Waals surface area (Å²) in [6.07, 6.45) is 1.10. The number of rotatable bonds is 8. The lowest BCUT2D eigenvalue weighted by Crippen LogP contribution is -2.35. The van der Waals surface area contributed by atoms with Crippen LogP contribution >= 0.6 is 23.2 Å². The summed E-state index contributed by atoms with van der Waals surface area (Å²) in [6, 6.07) is 16.5. The maximum absolute atomic E-state index is 11.6. The first-order valence-electron chi connectivity index (χ1n) is 13.5. The number of hydrogen-bond acceptors (Lipinski definition) is 6. The molecule has 0 saturated carbocycles. The Kier molecular flexibility index (Phi) is 6.83. The molecule has 7 rings (SSSR count). The number of carbonyl (C=O) groups is 1. The highest BCUT2D eigenvalue weighted by molar-refractivity contribution is 6.35. The third kappa shape index (κ3) is 5.04. The Balaban J connectivity index is 1.14. The van der Waals surface area contributed by atoms with Crippen molar-refractivity contribution in [2.24, 2.45) is 0 Å². The molecule has 9 nitrogen and oxygen atoms in total. The SMILES string of the molecule is O=C(O)c1ccc2nc(CN3CCn4c(nc5c(OCc6ccc(Cl)cc6Cl)cccc54)C3)n(C[C@@H]3CCO3)c2c1. The Bertz CT molecular complexity index is 1800. The summed E-state index contributed by atoms with van der Waals surface area (Å²) in [5.41, 5.74) is 4.58. The van der Waals surface area contributed by atoms with Crippen LogP contribution in [0.1, 0.15) is 34.0 Å². The van der Waals surface area contributed by atoms with Gasteiger partial charge in [-0.15, -0.1) is 0 Å². The highest BCUT2D eigenvalue weighted by atomic mass is 35.5. The maximum atomic E-state index is 11.6. The van der Waals surface area contributed by atoms with Crippen molar-refractivity contribution in [3.8, 4) is 5.75 Å². The summed E-state index contributed by atoms with van der Waals surface area (Å²) in [5.74, 6) is 1.62. The second kappa shape index (κ2) is 10.6. The van der Waals surface area contributed by atoms with Gasteiger partial charge in [0.1, 0.15) is 29.5 Å². The van der Waals surface area contributed by atoms with E-state index in [1.807, 2.05) is 18.2 Å². The third-order valence-electron chi connectivity index (χ3n) is 7.84. The summed E-state index contributed by atoms with van der Waals surface area (Å²) in [4.78, 5) is 23.9. The molecule has 11 heteroatoms. The van der Waals surface area contributed by atoms with Crippen molar-refractivity contribution in [2.45, 2.75) is 45.3 Å². The van der Waals surface area contributed by atoms with Crippen LogP contribution in [0.4, 0.5) is 0 Å². The Morgan fingerprint density at radius 1 is 1.07 bits per heavy atom. The molecule has 0 radical (unpaired) electrons. The van der Waals surface area contributed by atoms with Gasteiger partial charge in [0.25, 0.3) is 0 Å². The zero-order valence-electron chi connectivity index (χ0n) is 22.1. The molecule has 1 N–H and O–H groups in total. The maximum Gasteiger partial charge on any atom is 0.335 e. The van der Waals surface area contributed by atoms with Gasteiger partial charge in [0.2, 0.25) is 0 Å². The lowest BCUT2D eigenvalue weighted by molar-refractivity contribution is -0.0592. The van der Waals surface area contributed by atoms with Crippen LogP contribution in [0.2, 0.25) is 10.0 Å². The first-order valence-corrected chi connectivity index (χ1v) is 14.3. The number of aromatic carboxylic acids is 1. The second-order valence-electron chi connectivity index (χ2n) is 10.5. The highest BCUT2D eigenvalue weighted by Crippen LogP contribution is 2.31. The number of imidazole rings is 2. The number of fused-ring (bicyclic) bond motifs is 4. The summed E-state index contributed by atoms with van der Waals surface area (Å²) in [5, 5.41) is 10.7. The van der Waals surface area contributed by atoms with Crippen LogP contribution in [0, 0.1) is 0 Å². The number of carboxylic acids is 1. The molecule has 0 amide bonds. The Hall–Kier alpha value is -3.63. The lowest BCUT2D eigenvalue weighted by atomic mass is 10.1. The molecule has 2 aliphatic rings. The van der Waals surface area contributed by atoms with Crippen LogP contribution < -0.4 is 4.74 Å². The number of nitrogens with zero attached hydrogens (tertiary/aromatic N) is 5. The van der Waals surface area contributed by atoms with Gasteiger partial charge in [0.05, 0.1) is 47.9 Å². The van der Waals surface area contributed by atoms with Gasteiger partial charge in [-0.05, 0) is 48.9 Å². The van der Waals surface area contributed by atoms with Crippen molar-refractivity contribution in [1.82, 2.24) is 24.0 Å². The molecule has 2 aromatic heterocycles. The predicted molar refractivity (Wildman–Crippen MR) is 156 cm³/mol. The monoisotopic (exact) mass is 591 g/mol. The number of halogens is 2. The fourth-order valence-electron chi connectivity index (χ4n) is 5.57. The van der Waals surface area contributed by atoms with E-state index in [0.717, 1.165) is 65.4 Å². The summed E-state index contributed by atoms with van der Waals surface area (Å²) in [7, 11) is 0. The van der Waals surface area contributed by atoms with Crippen molar-refractivity contribution in [1.29, 1.82) is 0 Å². The van der Waals surface area contributed by atoms with E-state index in [4.69, 9.17) is 42.6 Å². The standard InChI is InChI=1S/C30H27Cl2N5O4/c31-20-6-4-19(22(32)13-20)17-41-26-3-1-2-24-29(26)34-28-16-35(9-10-36(24)28)15-27-33-23-7-5-18(30(38)39)12-25(23)37(27)14-21-8-11-40-21/h1-7,12-13,21H,8-11,14-17H2,(H,38,39)/t21-/m0/s1. The van der Waals surface area contributed by atoms with Gasteiger partial charge >= 0.3 is 5.97 Å². The van der Waals surface area contributed by atoms with Crippen LogP contribution in [-0.4, -0.2) is 54.3 Å². The van der Waals surface area contributed by atoms with Crippen molar-refractivity contribution in [2.75, 3.05) is 13.2 Å². The minimum atomic E-state index is -0.948. The first kappa shape index (κ1) is 26.3. The average molecular weight is 592 g/mol. The zero-order chi connectivity index (χ0) is 28.1. The van der Waals surface area contributed by atoms with E-state index in [2.05, 4.69) is 20.1 Å². The molecule has 41 heavy (non-hydrogen) atoms. The number of benzene rings is 3. The normalized spacial score (nSPS) is 17.1. The van der Waals surface area contributed by atoms with Crippen LogP contribution in [0.15, 0.2) is 54.6 Å². The molecule has 1 saturated heterocycles. The molecule has 1 atom stereocenters. The quantitative estimate of drug-likeness (QED) is 0.244. The average Bonchev–Trinajstić information content (AvgIpc) is 3.47. The molecule has 5 aromatic rings. The Morgan fingerprint density at radius 2 is 1.95 bits per heavy atom. The minimum Gasteiger partial charge on any atom is -0.487 e. The summed E-state index contributed by atoms with van der Waals surface area (Å²) >= 11 is 12.4. The molecule has 0 bridgehead atoms. The van der Waals surface area contributed by atoms with Crippen LogP contribution in [0.25, 0.3) is 22.1 Å². The molecule has 2 aliphatic heterocycles. The van der Waals surface area contributed by atoms with Gasteiger partial charge in [-0.1, -0.05) is 35.3 Å². The molecule has 210 valence electrons. The Morgan fingerprint density at radius 3 is 2.73 bits per heavy atom. The number of aromatic nitrogens is 4. The van der Waals surface area contributed by atoms with E-state index in [1.54, 1.807) is 30.3 Å². The van der Waals surface area contributed by atoms with Crippen LogP contribution in [0.3, 0.4) is 0 Å². The summed E-state index contributed by atoms with van der Waals surface area (Å²) in [6.45, 7) is 4.61. The lowest BCUT2D eigenvalue weighted by Gasteiger charge is -2.30. The van der Waals surface area contributed by atoms with Gasteiger partial charge in [-0.25, -0.2) is 14.8 Å². The van der Waals surface area contributed by atoms with Crippen molar-refractivity contribution >= 4 is 51.2 Å². The van der Waals surface area contributed by atoms with Crippen molar-refractivity contribution < 1.29 is 19.4 Å². The smallest absolute Gasteiger partial charge is 0.335 e. The van der Waals surface area contributed by atoms with Gasteiger partial charge in [-0.3, -0.25) is 4.90 Å². The number of hydrogen-bond donors (Lipinski definition) is 1. The van der Waals surface area contributed by atoms with Gasteiger partial charge < -0.3 is 23.7 Å². The molecular formula is C30H27Cl2N5O4. The molecular weight excluding hydrogens is 565 g/mol. The number of carboxylic acid groups (broad SMARTS) is 1.